The molecule has 0 fully saturated rings. The van der Waals surface area contributed by atoms with Gasteiger partial charge in [0.2, 0.25) is 0 Å². The van der Waals surface area contributed by atoms with Crippen LogP contribution in [0, 0.1) is 15.2 Å². The summed E-state index contributed by atoms with van der Waals surface area (Å²) in [5.41, 5.74) is 0.0736. The van der Waals surface area contributed by atoms with Crippen molar-refractivity contribution in [1.82, 2.24) is 14.6 Å². The summed E-state index contributed by atoms with van der Waals surface area (Å²) in [6.45, 7) is 3.79. The Morgan fingerprint density at radius 2 is 2.00 bits per heavy atom. The molecule has 0 aliphatic carbocycles. The number of pyridine rings is 1. The van der Waals surface area contributed by atoms with Crippen LogP contribution in [-0.2, 0) is 0 Å². The van der Waals surface area contributed by atoms with E-state index in [2.05, 4.69) is 10.2 Å². The van der Waals surface area contributed by atoms with Gasteiger partial charge in [-0.15, -0.1) is 10.2 Å². The maximum Gasteiger partial charge on any atom is 0.198 e. The van der Waals surface area contributed by atoms with Crippen molar-refractivity contribution in [2.45, 2.75) is 19.8 Å². The van der Waals surface area contributed by atoms with Gasteiger partial charge >= 0.3 is 0 Å². The Morgan fingerprint density at radius 1 is 1.33 bits per heavy atom. The largest absolute Gasteiger partial charge is 0.281 e. The molecule has 0 unspecified atom stereocenters. The number of nitrogens with zero attached hydrogens (tertiary/aromatic N) is 3. The Labute approximate surface area is 98.6 Å². The van der Waals surface area contributed by atoms with Crippen molar-refractivity contribution >= 4 is 28.2 Å². The molecule has 0 amide bonds. The highest BCUT2D eigenvalue weighted by Crippen LogP contribution is 2.21. The monoisotopic (exact) mass is 323 g/mol. The third-order valence-corrected chi connectivity index (χ3v) is 3.07. The molecule has 2 rings (SSSR count). The molecule has 6 heteroatoms. The fourth-order valence-electron chi connectivity index (χ4n) is 1.35. The molecule has 0 saturated carbocycles. The molecule has 0 N–H and O–H groups in total. The van der Waals surface area contributed by atoms with Crippen LogP contribution in [0.25, 0.3) is 5.65 Å². The Kier molecular flexibility index (Phi) is 2.61. The summed E-state index contributed by atoms with van der Waals surface area (Å²) in [6, 6.07) is 0. The number of halogens is 3. The molecule has 0 aromatic carbocycles. The zero-order valence-corrected chi connectivity index (χ0v) is 10.3. The minimum Gasteiger partial charge on any atom is -0.281 e. The van der Waals surface area contributed by atoms with E-state index in [0.717, 1.165) is 0 Å². The van der Waals surface area contributed by atoms with Crippen LogP contribution in [-0.4, -0.2) is 14.6 Å². The first-order chi connectivity index (χ1) is 7.02. The molecule has 0 saturated heterocycles. The van der Waals surface area contributed by atoms with Crippen LogP contribution >= 0.6 is 22.6 Å². The molecule has 2 heterocycles. The van der Waals surface area contributed by atoms with Gasteiger partial charge in [0, 0.05) is 12.1 Å². The summed E-state index contributed by atoms with van der Waals surface area (Å²) in [4.78, 5) is 0. The van der Waals surface area contributed by atoms with Gasteiger partial charge in [-0.2, -0.15) is 0 Å². The third-order valence-electron chi connectivity index (χ3n) is 2.08. The van der Waals surface area contributed by atoms with E-state index in [-0.39, 0.29) is 15.1 Å². The molecule has 15 heavy (non-hydrogen) atoms. The highest BCUT2D eigenvalue weighted by atomic mass is 127. The van der Waals surface area contributed by atoms with Gasteiger partial charge in [-0.05, 0) is 22.6 Å². The molecule has 0 bridgehead atoms. The fourth-order valence-corrected chi connectivity index (χ4v) is 1.73. The quantitative estimate of drug-likeness (QED) is 0.756. The van der Waals surface area contributed by atoms with Crippen molar-refractivity contribution in [1.29, 1.82) is 0 Å². The van der Waals surface area contributed by atoms with Crippen molar-refractivity contribution in [3.8, 4) is 0 Å². The maximum atomic E-state index is 13.6. The van der Waals surface area contributed by atoms with E-state index in [9.17, 15) is 8.78 Å². The number of hydrogen-bond donors (Lipinski definition) is 0. The topological polar surface area (TPSA) is 30.2 Å². The van der Waals surface area contributed by atoms with Gasteiger partial charge in [0.1, 0.15) is 5.82 Å². The normalized spacial score (nSPS) is 11.6. The molecule has 0 aliphatic rings. The van der Waals surface area contributed by atoms with Crippen molar-refractivity contribution in [3.05, 3.63) is 27.2 Å². The number of rotatable bonds is 1. The zero-order valence-electron chi connectivity index (χ0n) is 8.13. The van der Waals surface area contributed by atoms with E-state index in [1.165, 1.54) is 10.6 Å². The Hall–Kier alpha value is -0.790. The van der Waals surface area contributed by atoms with Crippen LogP contribution in [0.4, 0.5) is 8.78 Å². The standard InChI is InChI=1S/C9H8F2IN3/c1-4(2)8-13-14-9-6(11)7(12)5(10)3-15(8)9/h3-4H,1-2H3. The minimum absolute atomic E-state index is 0.0530. The van der Waals surface area contributed by atoms with Crippen LogP contribution in [0.3, 0.4) is 0 Å². The van der Waals surface area contributed by atoms with Crippen LogP contribution in [0.5, 0.6) is 0 Å². The van der Waals surface area contributed by atoms with Gasteiger partial charge in [0.15, 0.2) is 17.3 Å². The van der Waals surface area contributed by atoms with Crippen LogP contribution in [0.15, 0.2) is 6.20 Å². The predicted molar refractivity (Wildman–Crippen MR) is 59.7 cm³/mol. The average molecular weight is 323 g/mol. The van der Waals surface area contributed by atoms with Crippen molar-refractivity contribution < 1.29 is 8.78 Å². The summed E-state index contributed by atoms with van der Waals surface area (Å²) in [7, 11) is 0. The van der Waals surface area contributed by atoms with E-state index in [4.69, 9.17) is 0 Å². The van der Waals surface area contributed by atoms with Crippen LogP contribution in [0.1, 0.15) is 25.6 Å². The number of hydrogen-bond acceptors (Lipinski definition) is 2. The summed E-state index contributed by atoms with van der Waals surface area (Å²) in [5, 5.41) is 7.55. The van der Waals surface area contributed by atoms with Gasteiger partial charge in [-0.1, -0.05) is 13.8 Å². The first-order valence-corrected chi connectivity index (χ1v) is 5.48. The molecule has 0 aliphatic heterocycles. The third kappa shape index (κ3) is 1.60. The SMILES string of the molecule is CC(C)c1nnc2c(F)c(I)c(F)cn12. The smallest absolute Gasteiger partial charge is 0.198 e. The zero-order chi connectivity index (χ0) is 11.2. The van der Waals surface area contributed by atoms with Gasteiger partial charge < -0.3 is 0 Å². The second-order valence-electron chi connectivity index (χ2n) is 3.51. The summed E-state index contributed by atoms with van der Waals surface area (Å²) in [5.74, 6) is -0.629. The second kappa shape index (κ2) is 3.66. The van der Waals surface area contributed by atoms with Crippen molar-refractivity contribution in [2.24, 2.45) is 0 Å². The van der Waals surface area contributed by atoms with Crippen molar-refractivity contribution in [2.75, 3.05) is 0 Å². The van der Waals surface area contributed by atoms with E-state index in [1.54, 1.807) is 22.6 Å². The van der Waals surface area contributed by atoms with Gasteiger partial charge in [0.25, 0.3) is 0 Å². The molecule has 0 radical (unpaired) electrons. The molecule has 0 atom stereocenters. The first kappa shape index (κ1) is 10.7. The lowest BCUT2D eigenvalue weighted by Crippen LogP contribution is -2.01. The number of fused-ring (bicyclic) bond motifs is 1. The molecular formula is C9H8F2IN3. The average Bonchev–Trinajstić information content (AvgIpc) is 2.58. The lowest BCUT2D eigenvalue weighted by atomic mass is 10.2. The maximum absolute atomic E-state index is 13.6. The highest BCUT2D eigenvalue weighted by Gasteiger charge is 2.17. The Morgan fingerprint density at radius 3 is 2.60 bits per heavy atom. The van der Waals surface area contributed by atoms with E-state index in [0.29, 0.717) is 5.82 Å². The summed E-state index contributed by atoms with van der Waals surface area (Å²) >= 11 is 1.61. The van der Waals surface area contributed by atoms with E-state index < -0.39 is 11.6 Å². The van der Waals surface area contributed by atoms with Gasteiger partial charge in [-0.3, -0.25) is 4.40 Å². The van der Waals surface area contributed by atoms with E-state index >= 15 is 0 Å². The molecule has 0 spiro atoms. The molecule has 2 aromatic rings. The predicted octanol–water partition coefficient (Wildman–Crippen LogP) is 2.74. The highest BCUT2D eigenvalue weighted by molar-refractivity contribution is 14.1. The van der Waals surface area contributed by atoms with E-state index in [1.807, 2.05) is 13.8 Å². The summed E-state index contributed by atoms with van der Waals surface area (Å²) in [6.07, 6.45) is 1.22. The lowest BCUT2D eigenvalue weighted by molar-refractivity contribution is 0.561. The fraction of sp³-hybridized carbons (Fsp3) is 0.333. The molecular weight excluding hydrogens is 315 g/mol. The molecule has 80 valence electrons. The molecule has 2 aromatic heterocycles. The first-order valence-electron chi connectivity index (χ1n) is 4.40. The Balaban J connectivity index is 2.83. The Bertz CT molecular complexity index is 522. The van der Waals surface area contributed by atoms with Gasteiger partial charge in [-0.25, -0.2) is 8.78 Å². The van der Waals surface area contributed by atoms with Crippen molar-refractivity contribution in [3.63, 3.8) is 0 Å². The van der Waals surface area contributed by atoms with Crippen LogP contribution < -0.4 is 0 Å². The molecule has 3 nitrogen and oxygen atoms in total. The number of aromatic nitrogens is 3. The minimum atomic E-state index is -0.657. The van der Waals surface area contributed by atoms with Crippen LogP contribution in [0.2, 0.25) is 0 Å². The summed E-state index contributed by atoms with van der Waals surface area (Å²) < 4.78 is 28.2. The second-order valence-corrected chi connectivity index (χ2v) is 4.59. The van der Waals surface area contributed by atoms with Gasteiger partial charge in [0.05, 0.1) is 3.57 Å². The lowest BCUT2D eigenvalue weighted by Gasteiger charge is -2.04.